The van der Waals surface area contributed by atoms with Crippen LogP contribution in [0.15, 0.2) is 16.9 Å². The highest BCUT2D eigenvalue weighted by Gasteiger charge is 2.16. The van der Waals surface area contributed by atoms with Gasteiger partial charge in [0.25, 0.3) is 0 Å². The largest absolute Gasteiger partial charge is 0.504 e. The fourth-order valence-electron chi connectivity index (χ4n) is 1.57. The van der Waals surface area contributed by atoms with Gasteiger partial charge >= 0.3 is 5.97 Å². The number of pyridine rings is 1. The Balaban J connectivity index is 2.92. The van der Waals surface area contributed by atoms with Crippen LogP contribution in [0.2, 0.25) is 10.0 Å². The molecule has 0 amide bonds. The molecule has 7 heteroatoms. The van der Waals surface area contributed by atoms with Crippen molar-refractivity contribution in [1.29, 1.82) is 0 Å². The van der Waals surface area contributed by atoms with Gasteiger partial charge in [-0.2, -0.15) is 0 Å². The lowest BCUT2D eigenvalue weighted by Gasteiger charge is -2.07. The molecule has 0 saturated carbocycles. The normalized spacial score (nSPS) is 10.6. The number of aromatic amines is 1. The van der Waals surface area contributed by atoms with Gasteiger partial charge in [0, 0.05) is 6.07 Å². The number of carbonyl (C=O) groups is 1. The molecule has 18 heavy (non-hydrogen) atoms. The van der Waals surface area contributed by atoms with Gasteiger partial charge in [-0.15, -0.1) is 0 Å². The lowest BCUT2D eigenvalue weighted by atomic mass is 10.1. The Bertz CT molecular complexity index is 708. The first kappa shape index (κ1) is 12.7. The number of carbonyl (C=O) groups excluding carboxylic acids is 1. The van der Waals surface area contributed by atoms with E-state index in [0.29, 0.717) is 0 Å². The minimum absolute atomic E-state index is 0.000370. The quantitative estimate of drug-likeness (QED) is 0.789. The Morgan fingerprint density at radius 2 is 2.00 bits per heavy atom. The van der Waals surface area contributed by atoms with Gasteiger partial charge in [-0.3, -0.25) is 4.79 Å². The van der Waals surface area contributed by atoms with Crippen LogP contribution in [0.5, 0.6) is 5.75 Å². The number of benzene rings is 1. The fraction of sp³-hybridized carbons (Fsp3) is 0.0909. The molecule has 0 saturated heterocycles. The van der Waals surface area contributed by atoms with Crippen molar-refractivity contribution in [2.24, 2.45) is 0 Å². The van der Waals surface area contributed by atoms with Crippen molar-refractivity contribution in [2.75, 3.05) is 7.11 Å². The van der Waals surface area contributed by atoms with Crippen LogP contribution in [0.4, 0.5) is 0 Å². The summed E-state index contributed by atoms with van der Waals surface area (Å²) >= 11 is 11.6. The SMILES string of the molecule is COC(=O)c1cc(=O)c2c(Cl)cc(Cl)c(O)c2[nH]1. The molecule has 1 aromatic carbocycles. The molecule has 2 N–H and O–H groups in total. The van der Waals surface area contributed by atoms with Crippen molar-refractivity contribution in [3.05, 3.63) is 38.1 Å². The minimum atomic E-state index is -0.732. The highest BCUT2D eigenvalue weighted by atomic mass is 35.5. The molecule has 1 aromatic heterocycles. The van der Waals surface area contributed by atoms with E-state index in [1.54, 1.807) is 0 Å². The van der Waals surface area contributed by atoms with Crippen molar-refractivity contribution >= 4 is 40.1 Å². The van der Waals surface area contributed by atoms with Crippen LogP contribution < -0.4 is 5.43 Å². The fourth-order valence-corrected chi connectivity index (χ4v) is 2.12. The van der Waals surface area contributed by atoms with E-state index >= 15 is 0 Å². The number of esters is 1. The predicted octanol–water partition coefficient (Wildman–Crippen LogP) is 2.33. The maximum atomic E-state index is 11.8. The van der Waals surface area contributed by atoms with Gasteiger partial charge < -0.3 is 14.8 Å². The summed E-state index contributed by atoms with van der Waals surface area (Å²) < 4.78 is 4.48. The number of hydrogen-bond acceptors (Lipinski definition) is 4. The number of H-pyrrole nitrogens is 1. The lowest BCUT2D eigenvalue weighted by molar-refractivity contribution is 0.0594. The summed E-state index contributed by atoms with van der Waals surface area (Å²) in [4.78, 5) is 25.8. The van der Waals surface area contributed by atoms with Gasteiger partial charge in [-0.1, -0.05) is 23.2 Å². The Kier molecular flexibility index (Phi) is 3.19. The second kappa shape index (κ2) is 4.51. The van der Waals surface area contributed by atoms with Crippen molar-refractivity contribution in [2.45, 2.75) is 0 Å². The maximum Gasteiger partial charge on any atom is 0.354 e. The van der Waals surface area contributed by atoms with E-state index in [9.17, 15) is 14.7 Å². The maximum absolute atomic E-state index is 11.8. The molecule has 0 atom stereocenters. The summed E-state index contributed by atoms with van der Waals surface area (Å²) in [7, 11) is 1.18. The number of aromatic nitrogens is 1. The number of hydrogen-bond donors (Lipinski definition) is 2. The van der Waals surface area contributed by atoms with Crippen LogP contribution in [0, 0.1) is 0 Å². The number of fused-ring (bicyclic) bond motifs is 1. The molecule has 0 aliphatic rings. The molecule has 2 rings (SSSR count). The lowest BCUT2D eigenvalue weighted by Crippen LogP contribution is -2.11. The summed E-state index contributed by atoms with van der Waals surface area (Å²) in [6.45, 7) is 0. The monoisotopic (exact) mass is 287 g/mol. The molecule has 2 aromatic rings. The minimum Gasteiger partial charge on any atom is -0.504 e. The molecule has 1 heterocycles. The molecule has 0 fully saturated rings. The van der Waals surface area contributed by atoms with Gasteiger partial charge in [0.15, 0.2) is 11.2 Å². The molecule has 0 radical (unpaired) electrons. The first-order valence-electron chi connectivity index (χ1n) is 4.78. The molecule has 0 bridgehead atoms. The van der Waals surface area contributed by atoms with E-state index < -0.39 is 11.4 Å². The number of halogens is 2. The number of rotatable bonds is 1. The zero-order valence-corrected chi connectivity index (χ0v) is 10.6. The highest BCUT2D eigenvalue weighted by Crippen LogP contribution is 2.34. The zero-order chi connectivity index (χ0) is 13.4. The summed E-state index contributed by atoms with van der Waals surface area (Å²) in [5.74, 6) is -1.08. The van der Waals surface area contributed by atoms with Crippen LogP contribution >= 0.6 is 23.2 Å². The number of methoxy groups -OCH3 is 1. The molecule has 0 aliphatic heterocycles. The van der Waals surface area contributed by atoms with Gasteiger partial charge in [0.1, 0.15) is 5.69 Å². The highest BCUT2D eigenvalue weighted by molar-refractivity contribution is 6.39. The van der Waals surface area contributed by atoms with Gasteiger partial charge in [0.2, 0.25) is 0 Å². The molecule has 0 unspecified atom stereocenters. The van der Waals surface area contributed by atoms with E-state index in [0.717, 1.165) is 6.07 Å². The van der Waals surface area contributed by atoms with Crippen molar-refractivity contribution in [1.82, 2.24) is 4.98 Å². The van der Waals surface area contributed by atoms with E-state index in [1.165, 1.54) is 13.2 Å². The Morgan fingerprint density at radius 1 is 1.33 bits per heavy atom. The Hall–Kier alpha value is -1.72. The molecular weight excluding hydrogens is 281 g/mol. The van der Waals surface area contributed by atoms with E-state index in [2.05, 4.69) is 9.72 Å². The molecule has 0 spiro atoms. The van der Waals surface area contributed by atoms with Crippen LogP contribution in [0.1, 0.15) is 10.5 Å². The number of phenolic OH excluding ortho intramolecular Hbond substituents is 1. The van der Waals surface area contributed by atoms with Crippen molar-refractivity contribution < 1.29 is 14.6 Å². The molecule has 94 valence electrons. The predicted molar refractivity (Wildman–Crippen MR) is 67.6 cm³/mol. The number of nitrogens with one attached hydrogen (secondary N) is 1. The average molecular weight is 288 g/mol. The molecular formula is C11H7Cl2NO4. The summed E-state index contributed by atoms with van der Waals surface area (Å²) in [6, 6.07) is 2.31. The number of aromatic hydroxyl groups is 1. The van der Waals surface area contributed by atoms with Gasteiger partial charge in [-0.25, -0.2) is 4.79 Å². The van der Waals surface area contributed by atoms with Crippen molar-refractivity contribution in [3.63, 3.8) is 0 Å². The summed E-state index contributed by atoms with van der Waals surface area (Å²) in [5, 5.41) is 9.90. The first-order valence-corrected chi connectivity index (χ1v) is 5.53. The van der Waals surface area contributed by atoms with Gasteiger partial charge in [-0.05, 0) is 6.07 Å². The molecule has 0 aliphatic carbocycles. The van der Waals surface area contributed by atoms with E-state index in [-0.39, 0.29) is 32.4 Å². The van der Waals surface area contributed by atoms with E-state index in [1.807, 2.05) is 0 Å². The second-order valence-corrected chi connectivity index (χ2v) is 4.29. The first-order chi connectivity index (χ1) is 8.45. The third-order valence-electron chi connectivity index (χ3n) is 2.39. The summed E-state index contributed by atoms with van der Waals surface area (Å²) in [5.41, 5.74) is -0.606. The number of phenols is 1. The standard InChI is InChI=1S/C11H7Cl2NO4/c1-18-11(17)6-3-7(15)8-4(12)2-5(13)10(16)9(8)14-6/h2-3,16H,1H3,(H,14,15). The molecule has 5 nitrogen and oxygen atoms in total. The van der Waals surface area contributed by atoms with Crippen LogP contribution in [-0.4, -0.2) is 23.2 Å². The van der Waals surface area contributed by atoms with Crippen LogP contribution in [0.3, 0.4) is 0 Å². The van der Waals surface area contributed by atoms with Crippen LogP contribution in [0.25, 0.3) is 10.9 Å². The van der Waals surface area contributed by atoms with Gasteiger partial charge in [0.05, 0.1) is 28.1 Å². The van der Waals surface area contributed by atoms with Crippen molar-refractivity contribution in [3.8, 4) is 5.75 Å². The summed E-state index contributed by atoms with van der Waals surface area (Å²) in [6.07, 6.45) is 0. The Labute approximate surface area is 111 Å². The topological polar surface area (TPSA) is 79.4 Å². The smallest absolute Gasteiger partial charge is 0.354 e. The Morgan fingerprint density at radius 3 is 2.61 bits per heavy atom. The number of ether oxygens (including phenoxy) is 1. The average Bonchev–Trinajstić information content (AvgIpc) is 2.34. The third-order valence-corrected chi connectivity index (χ3v) is 2.98. The second-order valence-electron chi connectivity index (χ2n) is 3.48. The zero-order valence-electron chi connectivity index (χ0n) is 9.08. The third kappa shape index (κ3) is 1.91. The van der Waals surface area contributed by atoms with Crippen LogP contribution in [-0.2, 0) is 4.74 Å². The van der Waals surface area contributed by atoms with E-state index in [4.69, 9.17) is 23.2 Å².